The second-order valence-electron chi connectivity index (χ2n) is 7.87. The monoisotopic (exact) mass is 302 g/mol. The molecule has 1 unspecified atom stereocenters. The van der Waals surface area contributed by atoms with E-state index in [0.717, 1.165) is 23.0 Å². The standard InChI is InChI=1S/C20H32NO/c1-21(15-8-9-16-21)17-14-20(22,18-10-4-2-5-11-18)19-12-6-3-7-13-19/h2,4-5,10-11,19,22H,3,6-9,12-17H2,1H3/q+1. The van der Waals surface area contributed by atoms with Crippen molar-refractivity contribution in [1.29, 1.82) is 0 Å². The molecule has 0 aromatic heterocycles. The number of benzene rings is 1. The van der Waals surface area contributed by atoms with Gasteiger partial charge in [0.25, 0.3) is 0 Å². The first-order valence-corrected chi connectivity index (χ1v) is 9.24. The van der Waals surface area contributed by atoms with Crippen molar-refractivity contribution in [2.45, 2.75) is 57.0 Å². The van der Waals surface area contributed by atoms with Gasteiger partial charge in [-0.25, -0.2) is 0 Å². The van der Waals surface area contributed by atoms with Gasteiger partial charge in [0.1, 0.15) is 0 Å². The Morgan fingerprint density at radius 1 is 1.00 bits per heavy atom. The first kappa shape index (κ1) is 16.0. The predicted octanol–water partition coefficient (Wildman–Crippen LogP) is 4.09. The van der Waals surface area contributed by atoms with E-state index in [-0.39, 0.29) is 0 Å². The normalized spacial score (nSPS) is 25.0. The Bertz CT molecular complexity index is 460. The molecule has 0 spiro atoms. The number of nitrogens with zero attached hydrogens (tertiary/aromatic N) is 1. The van der Waals surface area contributed by atoms with E-state index >= 15 is 0 Å². The van der Waals surface area contributed by atoms with E-state index in [1.807, 2.05) is 0 Å². The van der Waals surface area contributed by atoms with Gasteiger partial charge >= 0.3 is 0 Å². The highest BCUT2D eigenvalue weighted by atomic mass is 16.3. The van der Waals surface area contributed by atoms with Crippen LogP contribution in [0.25, 0.3) is 0 Å². The van der Waals surface area contributed by atoms with Gasteiger partial charge in [-0.3, -0.25) is 0 Å². The lowest BCUT2D eigenvalue weighted by atomic mass is 9.71. The molecule has 1 N–H and O–H groups in total. The minimum absolute atomic E-state index is 0.442. The smallest absolute Gasteiger partial charge is 0.0978 e. The van der Waals surface area contributed by atoms with Crippen molar-refractivity contribution in [3.63, 3.8) is 0 Å². The van der Waals surface area contributed by atoms with E-state index in [9.17, 15) is 5.11 Å². The van der Waals surface area contributed by atoms with Crippen molar-refractivity contribution >= 4 is 0 Å². The van der Waals surface area contributed by atoms with Crippen LogP contribution in [0.2, 0.25) is 0 Å². The Hall–Kier alpha value is -0.860. The molecule has 0 radical (unpaired) electrons. The van der Waals surface area contributed by atoms with Crippen LogP contribution in [0.1, 0.15) is 56.9 Å². The van der Waals surface area contributed by atoms with Gasteiger partial charge in [0.15, 0.2) is 0 Å². The largest absolute Gasteiger partial charge is 0.385 e. The van der Waals surface area contributed by atoms with Crippen LogP contribution < -0.4 is 0 Å². The summed E-state index contributed by atoms with van der Waals surface area (Å²) in [7, 11) is 2.37. The molecule has 1 saturated carbocycles. The van der Waals surface area contributed by atoms with E-state index in [4.69, 9.17) is 0 Å². The van der Waals surface area contributed by atoms with Crippen LogP contribution in [0.15, 0.2) is 30.3 Å². The van der Waals surface area contributed by atoms with Gasteiger partial charge in [0, 0.05) is 19.3 Å². The van der Waals surface area contributed by atoms with Gasteiger partial charge in [-0.05, 0) is 24.3 Å². The maximum atomic E-state index is 11.7. The van der Waals surface area contributed by atoms with Crippen molar-refractivity contribution < 1.29 is 9.59 Å². The van der Waals surface area contributed by atoms with Crippen molar-refractivity contribution in [2.75, 3.05) is 26.7 Å². The quantitative estimate of drug-likeness (QED) is 0.812. The molecule has 1 aliphatic carbocycles. The van der Waals surface area contributed by atoms with Crippen LogP contribution in [0.3, 0.4) is 0 Å². The summed E-state index contributed by atoms with van der Waals surface area (Å²) >= 11 is 0. The van der Waals surface area contributed by atoms with Gasteiger partial charge in [-0.15, -0.1) is 0 Å². The molecule has 1 aromatic rings. The summed E-state index contributed by atoms with van der Waals surface area (Å²) in [6.07, 6.45) is 9.91. The molecular formula is C20H32NO+. The maximum absolute atomic E-state index is 11.7. The molecule has 3 rings (SSSR count). The first-order valence-electron chi connectivity index (χ1n) is 9.24. The first-order chi connectivity index (χ1) is 10.6. The molecule has 2 aliphatic rings. The fourth-order valence-electron chi connectivity index (χ4n) is 4.65. The second-order valence-corrected chi connectivity index (χ2v) is 7.87. The molecule has 0 amide bonds. The molecule has 1 atom stereocenters. The molecule has 2 heteroatoms. The molecule has 2 nitrogen and oxygen atoms in total. The molecule has 122 valence electrons. The zero-order valence-corrected chi connectivity index (χ0v) is 14.1. The summed E-state index contributed by atoms with van der Waals surface area (Å²) in [4.78, 5) is 0. The highest BCUT2D eigenvalue weighted by molar-refractivity contribution is 5.23. The van der Waals surface area contributed by atoms with Crippen LogP contribution in [-0.2, 0) is 5.60 Å². The van der Waals surface area contributed by atoms with Gasteiger partial charge in [0.2, 0.25) is 0 Å². The highest BCUT2D eigenvalue weighted by Crippen LogP contribution is 2.42. The van der Waals surface area contributed by atoms with Crippen molar-refractivity contribution in [3.05, 3.63) is 35.9 Å². The Morgan fingerprint density at radius 3 is 2.27 bits per heavy atom. The zero-order chi connectivity index (χ0) is 15.5. The fraction of sp³-hybridized carbons (Fsp3) is 0.700. The van der Waals surface area contributed by atoms with Gasteiger partial charge < -0.3 is 9.59 Å². The van der Waals surface area contributed by atoms with Crippen LogP contribution >= 0.6 is 0 Å². The molecule has 1 heterocycles. The molecule has 1 aromatic carbocycles. The molecule has 2 fully saturated rings. The second kappa shape index (κ2) is 6.72. The minimum atomic E-state index is -0.620. The average molecular weight is 302 g/mol. The van der Waals surface area contributed by atoms with Gasteiger partial charge in [0.05, 0.1) is 32.3 Å². The Balaban J connectivity index is 1.79. The van der Waals surface area contributed by atoms with E-state index in [1.165, 1.54) is 58.0 Å². The van der Waals surface area contributed by atoms with Crippen LogP contribution in [-0.4, -0.2) is 36.3 Å². The Kier molecular flexibility index (Phi) is 4.89. The van der Waals surface area contributed by atoms with E-state index in [1.54, 1.807) is 0 Å². The summed E-state index contributed by atoms with van der Waals surface area (Å²) < 4.78 is 1.15. The molecule has 0 bridgehead atoms. The maximum Gasteiger partial charge on any atom is 0.0978 e. The molecule has 1 saturated heterocycles. The lowest BCUT2D eigenvalue weighted by molar-refractivity contribution is -0.898. The number of likely N-dealkylation sites (tertiary alicyclic amines) is 1. The number of hydrogen-bond acceptors (Lipinski definition) is 1. The van der Waals surface area contributed by atoms with Gasteiger partial charge in [-0.2, -0.15) is 0 Å². The number of aliphatic hydroxyl groups is 1. The van der Waals surface area contributed by atoms with E-state index in [2.05, 4.69) is 37.4 Å². The molecular weight excluding hydrogens is 270 g/mol. The minimum Gasteiger partial charge on any atom is -0.385 e. The lowest BCUT2D eigenvalue weighted by Gasteiger charge is -2.41. The van der Waals surface area contributed by atoms with Crippen LogP contribution in [0.4, 0.5) is 0 Å². The lowest BCUT2D eigenvalue weighted by Crippen LogP contribution is -2.46. The van der Waals surface area contributed by atoms with E-state index in [0.29, 0.717) is 5.92 Å². The third kappa shape index (κ3) is 3.38. The van der Waals surface area contributed by atoms with Gasteiger partial charge in [-0.1, -0.05) is 49.6 Å². The summed E-state index contributed by atoms with van der Waals surface area (Å²) in [5, 5.41) is 11.7. The predicted molar refractivity (Wildman–Crippen MR) is 91.6 cm³/mol. The Morgan fingerprint density at radius 2 is 1.64 bits per heavy atom. The average Bonchev–Trinajstić information content (AvgIpc) is 3.01. The van der Waals surface area contributed by atoms with Crippen LogP contribution in [0.5, 0.6) is 0 Å². The summed E-state index contributed by atoms with van der Waals surface area (Å²) in [6.45, 7) is 3.69. The zero-order valence-electron chi connectivity index (χ0n) is 14.1. The summed E-state index contributed by atoms with van der Waals surface area (Å²) in [5.41, 5.74) is 0.527. The molecule has 22 heavy (non-hydrogen) atoms. The van der Waals surface area contributed by atoms with E-state index < -0.39 is 5.60 Å². The summed E-state index contributed by atoms with van der Waals surface area (Å²) in [5.74, 6) is 0.442. The van der Waals surface area contributed by atoms with Crippen molar-refractivity contribution in [3.8, 4) is 0 Å². The Labute approximate surface area is 135 Å². The van der Waals surface area contributed by atoms with Crippen molar-refractivity contribution in [1.82, 2.24) is 0 Å². The van der Waals surface area contributed by atoms with Crippen molar-refractivity contribution in [2.24, 2.45) is 5.92 Å². The highest BCUT2D eigenvalue weighted by Gasteiger charge is 2.41. The topological polar surface area (TPSA) is 20.2 Å². The number of rotatable bonds is 5. The number of quaternary nitrogens is 1. The number of hydrogen-bond donors (Lipinski definition) is 1. The van der Waals surface area contributed by atoms with Crippen LogP contribution in [0, 0.1) is 5.92 Å². The third-order valence-electron chi connectivity index (χ3n) is 6.23. The SMILES string of the molecule is C[N+]1(CCC(O)(c2ccccc2)C2CCCCC2)CCCC1. The molecule has 1 aliphatic heterocycles. The summed E-state index contributed by atoms with van der Waals surface area (Å²) in [6, 6.07) is 10.5. The fourth-order valence-corrected chi connectivity index (χ4v) is 4.65. The third-order valence-corrected chi connectivity index (χ3v) is 6.23.